The topological polar surface area (TPSA) is 44.2 Å². The maximum absolute atomic E-state index is 6.73. The van der Waals surface area contributed by atoms with Crippen LogP contribution in [0.3, 0.4) is 0 Å². The second kappa shape index (κ2) is 10.5. The summed E-state index contributed by atoms with van der Waals surface area (Å²) in [5.41, 5.74) is 11.5. The maximum atomic E-state index is 6.73. The molecule has 1 aliphatic carbocycles. The Morgan fingerprint density at radius 2 is 1.02 bits per heavy atom. The summed E-state index contributed by atoms with van der Waals surface area (Å²) in [6.07, 6.45) is 0. The van der Waals surface area contributed by atoms with Crippen molar-refractivity contribution in [1.29, 1.82) is 0 Å². The summed E-state index contributed by atoms with van der Waals surface area (Å²) >= 11 is 0. The summed E-state index contributed by atoms with van der Waals surface area (Å²) in [6.45, 7) is 4.55. The van der Waals surface area contributed by atoms with E-state index in [1.807, 2.05) is 60.7 Å². The van der Waals surface area contributed by atoms with E-state index in [9.17, 15) is 0 Å². The summed E-state index contributed by atoms with van der Waals surface area (Å²) in [7, 11) is 0. The van der Waals surface area contributed by atoms with Crippen LogP contribution < -0.4 is 9.47 Å². The average molecular weight is 607 g/mol. The first-order valence-electron chi connectivity index (χ1n) is 15.9. The van der Waals surface area contributed by atoms with Crippen LogP contribution in [-0.2, 0) is 5.41 Å². The van der Waals surface area contributed by atoms with Gasteiger partial charge in [-0.1, -0.05) is 135 Å². The average Bonchev–Trinajstić information content (AvgIpc) is 3.37. The van der Waals surface area contributed by atoms with Gasteiger partial charge in [0.2, 0.25) is 0 Å². The van der Waals surface area contributed by atoms with Crippen LogP contribution in [0.25, 0.3) is 56.2 Å². The quantitative estimate of drug-likeness (QED) is 0.200. The van der Waals surface area contributed by atoms with Crippen molar-refractivity contribution in [3.05, 3.63) is 157 Å². The van der Waals surface area contributed by atoms with Crippen LogP contribution in [0.15, 0.2) is 146 Å². The van der Waals surface area contributed by atoms with Gasteiger partial charge in [-0.05, 0) is 46.5 Å². The van der Waals surface area contributed by atoms with Crippen LogP contribution in [-0.4, -0.2) is 9.97 Å². The molecule has 0 N–H and O–H groups in total. The molecular formula is C43H30N2O2. The molecule has 224 valence electrons. The van der Waals surface area contributed by atoms with E-state index in [4.69, 9.17) is 19.4 Å². The van der Waals surface area contributed by atoms with Gasteiger partial charge < -0.3 is 9.47 Å². The molecule has 0 amide bonds. The van der Waals surface area contributed by atoms with Crippen LogP contribution in [0.4, 0.5) is 0 Å². The number of hydrogen-bond donors (Lipinski definition) is 0. The number of hydrogen-bond acceptors (Lipinski definition) is 4. The van der Waals surface area contributed by atoms with Crippen molar-refractivity contribution in [2.45, 2.75) is 19.3 Å². The van der Waals surface area contributed by atoms with Crippen molar-refractivity contribution in [3.8, 4) is 79.2 Å². The standard InChI is InChI=1S/C43H30N2O2/c1-43(2)33-21-10-9-19-32(33)39-34(43)23-24-38-41(39)47-37-22-12-20-31(40(37)46-38)29-17-11-18-30(25-29)42-44-35(27-13-5-3-6-14-27)26-36(45-42)28-15-7-4-8-16-28/h3-26H,1-2H3. The zero-order valence-electron chi connectivity index (χ0n) is 26.1. The second-order valence-electron chi connectivity index (χ2n) is 12.6. The predicted octanol–water partition coefficient (Wildman–Crippen LogP) is 11.3. The molecule has 1 aromatic heterocycles. The summed E-state index contributed by atoms with van der Waals surface area (Å²) in [4.78, 5) is 10.1. The van der Waals surface area contributed by atoms with Crippen LogP contribution >= 0.6 is 0 Å². The van der Waals surface area contributed by atoms with Gasteiger partial charge in [0.1, 0.15) is 0 Å². The van der Waals surface area contributed by atoms with Gasteiger partial charge in [-0.15, -0.1) is 0 Å². The van der Waals surface area contributed by atoms with Crippen molar-refractivity contribution in [2.75, 3.05) is 0 Å². The van der Waals surface area contributed by atoms with Crippen molar-refractivity contribution >= 4 is 0 Å². The fourth-order valence-electron chi connectivity index (χ4n) is 6.99. The molecule has 47 heavy (non-hydrogen) atoms. The highest BCUT2D eigenvalue weighted by molar-refractivity contribution is 5.89. The largest absolute Gasteiger partial charge is 0.449 e. The Bertz CT molecular complexity index is 2270. The summed E-state index contributed by atoms with van der Waals surface area (Å²) in [6, 6.07) is 49.8. The summed E-state index contributed by atoms with van der Waals surface area (Å²) in [5, 5.41) is 0. The van der Waals surface area contributed by atoms with Crippen LogP contribution in [0.1, 0.15) is 25.0 Å². The Kier molecular flexibility index (Phi) is 6.12. The number of para-hydroxylation sites is 1. The minimum absolute atomic E-state index is 0.118. The first-order valence-corrected chi connectivity index (χ1v) is 15.9. The monoisotopic (exact) mass is 606 g/mol. The number of fused-ring (bicyclic) bond motifs is 6. The molecular weight excluding hydrogens is 576 g/mol. The van der Waals surface area contributed by atoms with Crippen molar-refractivity contribution in [3.63, 3.8) is 0 Å². The van der Waals surface area contributed by atoms with E-state index < -0.39 is 0 Å². The highest BCUT2D eigenvalue weighted by Crippen LogP contribution is 2.59. The Labute approximate surface area is 274 Å². The molecule has 0 unspecified atom stereocenters. The van der Waals surface area contributed by atoms with Gasteiger partial charge in [0.25, 0.3) is 0 Å². The minimum Gasteiger partial charge on any atom is -0.449 e. The predicted molar refractivity (Wildman–Crippen MR) is 188 cm³/mol. The number of benzene rings is 6. The highest BCUT2D eigenvalue weighted by Gasteiger charge is 2.39. The van der Waals surface area contributed by atoms with Crippen LogP contribution in [0, 0.1) is 0 Å². The van der Waals surface area contributed by atoms with Gasteiger partial charge in [-0.2, -0.15) is 0 Å². The molecule has 0 bridgehead atoms. The van der Waals surface area contributed by atoms with E-state index in [0.717, 1.165) is 56.3 Å². The summed E-state index contributed by atoms with van der Waals surface area (Å²) in [5.74, 6) is 3.56. The van der Waals surface area contributed by atoms with Crippen LogP contribution in [0.2, 0.25) is 0 Å². The first-order chi connectivity index (χ1) is 23.0. The molecule has 7 aromatic rings. The normalized spacial score (nSPS) is 13.4. The minimum atomic E-state index is -0.118. The highest BCUT2D eigenvalue weighted by atomic mass is 16.6. The third-order valence-corrected chi connectivity index (χ3v) is 9.36. The zero-order valence-corrected chi connectivity index (χ0v) is 26.1. The Hall–Kier alpha value is -6.00. The Balaban J connectivity index is 1.13. The second-order valence-corrected chi connectivity index (χ2v) is 12.6. The molecule has 4 heteroatoms. The van der Waals surface area contributed by atoms with Crippen molar-refractivity contribution in [2.24, 2.45) is 0 Å². The van der Waals surface area contributed by atoms with E-state index in [1.165, 1.54) is 16.7 Å². The lowest BCUT2D eigenvalue weighted by molar-refractivity contribution is 0.361. The molecule has 0 atom stereocenters. The Morgan fingerprint density at radius 1 is 0.447 bits per heavy atom. The van der Waals surface area contributed by atoms with E-state index in [-0.39, 0.29) is 5.41 Å². The lowest BCUT2D eigenvalue weighted by Gasteiger charge is -2.26. The third kappa shape index (κ3) is 4.44. The van der Waals surface area contributed by atoms with E-state index in [2.05, 4.69) is 98.8 Å². The number of rotatable bonds is 4. The van der Waals surface area contributed by atoms with Crippen LogP contribution in [0.5, 0.6) is 23.0 Å². The van der Waals surface area contributed by atoms with E-state index in [0.29, 0.717) is 17.3 Å². The fourth-order valence-corrected chi connectivity index (χ4v) is 6.99. The molecule has 0 fully saturated rings. The molecule has 4 nitrogen and oxygen atoms in total. The zero-order chi connectivity index (χ0) is 31.5. The van der Waals surface area contributed by atoms with Gasteiger partial charge >= 0.3 is 0 Å². The third-order valence-electron chi connectivity index (χ3n) is 9.36. The van der Waals surface area contributed by atoms with Crippen molar-refractivity contribution in [1.82, 2.24) is 9.97 Å². The van der Waals surface area contributed by atoms with Gasteiger partial charge in [0.15, 0.2) is 28.8 Å². The molecule has 2 aliphatic rings. The van der Waals surface area contributed by atoms with Gasteiger partial charge in [0.05, 0.1) is 11.4 Å². The number of ether oxygens (including phenoxy) is 2. The van der Waals surface area contributed by atoms with Crippen molar-refractivity contribution < 1.29 is 9.47 Å². The lowest BCUT2D eigenvalue weighted by atomic mass is 9.82. The fraction of sp³-hybridized carbons (Fsp3) is 0.0698. The maximum Gasteiger partial charge on any atom is 0.178 e. The number of aromatic nitrogens is 2. The molecule has 0 saturated heterocycles. The first kappa shape index (κ1) is 27.3. The van der Waals surface area contributed by atoms with Gasteiger partial charge in [0, 0.05) is 33.2 Å². The van der Waals surface area contributed by atoms with E-state index in [1.54, 1.807) is 0 Å². The lowest BCUT2D eigenvalue weighted by Crippen LogP contribution is -2.15. The SMILES string of the molecule is CC1(C)c2ccccc2-c2c1ccc1c2Oc2cccc(-c3cccc(-c4nc(-c5ccccc5)cc(-c5ccccc5)n4)c3)c2O1. The molecule has 0 radical (unpaired) electrons. The molecule has 2 heterocycles. The van der Waals surface area contributed by atoms with Gasteiger partial charge in [-0.3, -0.25) is 0 Å². The van der Waals surface area contributed by atoms with E-state index >= 15 is 0 Å². The van der Waals surface area contributed by atoms with Gasteiger partial charge in [-0.25, -0.2) is 9.97 Å². The molecule has 9 rings (SSSR count). The molecule has 1 aliphatic heterocycles. The smallest absolute Gasteiger partial charge is 0.178 e. The molecule has 6 aromatic carbocycles. The molecule has 0 saturated carbocycles. The summed E-state index contributed by atoms with van der Waals surface area (Å²) < 4.78 is 13.4. The molecule has 0 spiro atoms. The Morgan fingerprint density at radius 3 is 1.77 bits per heavy atom. The number of nitrogens with zero attached hydrogens (tertiary/aromatic N) is 2.